The maximum Gasteiger partial charge on any atom is 0.152 e. The second kappa shape index (κ2) is 4.69. The van der Waals surface area contributed by atoms with Crippen LogP contribution in [0.5, 0.6) is 0 Å². The third kappa shape index (κ3) is 1.58. The highest BCUT2D eigenvalue weighted by atomic mass is 16.3. The molecule has 1 saturated carbocycles. The van der Waals surface area contributed by atoms with Crippen molar-refractivity contribution in [1.29, 1.82) is 0 Å². The fourth-order valence-corrected chi connectivity index (χ4v) is 5.23. The van der Waals surface area contributed by atoms with Crippen molar-refractivity contribution in [3.05, 3.63) is 53.4 Å². The Morgan fingerprint density at radius 3 is 2.62 bits per heavy atom. The van der Waals surface area contributed by atoms with E-state index in [0.717, 1.165) is 5.58 Å². The highest BCUT2D eigenvalue weighted by Gasteiger charge is 2.54. The zero-order valence-corrected chi connectivity index (χ0v) is 14.7. The van der Waals surface area contributed by atoms with Crippen molar-refractivity contribution in [2.45, 2.75) is 51.1 Å². The minimum atomic E-state index is 0.0416. The molecule has 3 aromatic rings. The Balaban J connectivity index is 1.80. The highest BCUT2D eigenvalue weighted by Crippen LogP contribution is 2.58. The Bertz CT molecular complexity index is 927. The molecule has 1 aromatic carbocycles. The molecule has 1 spiro atoms. The first-order valence-electron chi connectivity index (χ1n) is 9.07. The summed E-state index contributed by atoms with van der Waals surface area (Å²) in [6.45, 7) is 4.57. The third-order valence-corrected chi connectivity index (χ3v) is 6.24. The largest absolute Gasteiger partial charge is 0.456 e. The molecule has 0 amide bonds. The molecule has 0 N–H and O–H groups in total. The number of aromatic nitrogens is 1. The van der Waals surface area contributed by atoms with Crippen molar-refractivity contribution >= 4 is 16.8 Å². The Labute approximate surface area is 142 Å². The number of benzene rings is 1. The lowest BCUT2D eigenvalue weighted by molar-refractivity contribution is 0.348. The maximum absolute atomic E-state index is 6.47. The topological polar surface area (TPSA) is 21.3 Å². The van der Waals surface area contributed by atoms with Gasteiger partial charge in [0.2, 0.25) is 0 Å². The van der Waals surface area contributed by atoms with Gasteiger partial charge < -0.3 is 13.9 Å². The van der Waals surface area contributed by atoms with Gasteiger partial charge in [-0.3, -0.25) is 0 Å². The zero-order valence-electron chi connectivity index (χ0n) is 14.7. The predicted molar refractivity (Wildman–Crippen MR) is 97.4 cm³/mol. The molecular formula is C21H24N2O. The monoisotopic (exact) mass is 320 g/mol. The summed E-state index contributed by atoms with van der Waals surface area (Å²) in [5.74, 6) is 1.23. The molecule has 3 heterocycles. The normalized spacial score (nSPS) is 22.0. The van der Waals surface area contributed by atoms with Gasteiger partial charge in [-0.25, -0.2) is 0 Å². The summed E-state index contributed by atoms with van der Waals surface area (Å²) in [4.78, 5) is 2.66. The minimum Gasteiger partial charge on any atom is -0.456 e. The van der Waals surface area contributed by atoms with Crippen molar-refractivity contribution in [2.75, 3.05) is 4.90 Å². The summed E-state index contributed by atoms with van der Waals surface area (Å²) in [5, 5.41) is 0. The molecule has 1 fully saturated rings. The number of nitrogens with zero attached hydrogens (tertiary/aromatic N) is 2. The molecule has 0 saturated heterocycles. The summed E-state index contributed by atoms with van der Waals surface area (Å²) in [5.41, 5.74) is 6.48. The van der Waals surface area contributed by atoms with Crippen LogP contribution in [0.2, 0.25) is 0 Å². The number of para-hydroxylation sites is 1. The second-order valence-corrected chi connectivity index (χ2v) is 7.56. The van der Waals surface area contributed by atoms with Gasteiger partial charge in [0, 0.05) is 24.5 Å². The number of rotatable bonds is 1. The van der Waals surface area contributed by atoms with Gasteiger partial charge >= 0.3 is 0 Å². The van der Waals surface area contributed by atoms with Crippen molar-refractivity contribution in [1.82, 2.24) is 4.57 Å². The van der Waals surface area contributed by atoms with E-state index in [1.165, 1.54) is 53.8 Å². The molecule has 24 heavy (non-hydrogen) atoms. The molecule has 3 heteroatoms. The molecule has 0 radical (unpaired) electrons. The van der Waals surface area contributed by atoms with Gasteiger partial charge in [-0.2, -0.15) is 0 Å². The molecule has 1 unspecified atom stereocenters. The van der Waals surface area contributed by atoms with E-state index in [0.29, 0.717) is 6.04 Å². The molecular weight excluding hydrogens is 296 g/mol. The van der Waals surface area contributed by atoms with Crippen LogP contribution in [-0.4, -0.2) is 4.57 Å². The van der Waals surface area contributed by atoms with E-state index in [2.05, 4.69) is 66.9 Å². The van der Waals surface area contributed by atoms with Gasteiger partial charge in [0.05, 0.1) is 17.1 Å². The van der Waals surface area contributed by atoms with Gasteiger partial charge in [0.15, 0.2) is 5.58 Å². The third-order valence-electron chi connectivity index (χ3n) is 6.24. The SMILES string of the molecule is Cc1ccccc1N1C(C)c2c(oc3ccn(C)c23)C12CCCC2. The van der Waals surface area contributed by atoms with E-state index < -0.39 is 0 Å². The first-order valence-corrected chi connectivity index (χ1v) is 9.07. The van der Waals surface area contributed by atoms with E-state index in [1.807, 2.05) is 0 Å². The van der Waals surface area contributed by atoms with Crippen LogP contribution in [0.3, 0.4) is 0 Å². The Morgan fingerprint density at radius 1 is 1.12 bits per heavy atom. The fraction of sp³-hybridized carbons (Fsp3) is 0.429. The zero-order chi connectivity index (χ0) is 16.5. The molecule has 3 nitrogen and oxygen atoms in total. The van der Waals surface area contributed by atoms with Crippen LogP contribution in [-0.2, 0) is 12.6 Å². The Morgan fingerprint density at radius 2 is 1.88 bits per heavy atom. The maximum atomic E-state index is 6.47. The molecule has 1 aliphatic carbocycles. The lowest BCUT2D eigenvalue weighted by Gasteiger charge is -2.40. The average Bonchev–Trinajstić information content (AvgIpc) is 3.29. The molecule has 124 valence electrons. The molecule has 1 aliphatic heterocycles. The quantitative estimate of drug-likeness (QED) is 0.596. The Hall–Kier alpha value is -2.16. The standard InChI is InChI=1S/C21H24N2O/c1-14-8-4-5-9-16(14)23-15(2)18-19-17(10-13-22(19)3)24-20(18)21(23)11-6-7-12-21/h4-5,8-10,13,15H,6-7,11-12H2,1-3H3. The number of hydrogen-bond acceptors (Lipinski definition) is 2. The number of anilines is 1. The summed E-state index contributed by atoms with van der Waals surface area (Å²) in [6, 6.07) is 11.3. The van der Waals surface area contributed by atoms with Gasteiger partial charge in [-0.1, -0.05) is 31.0 Å². The fourth-order valence-electron chi connectivity index (χ4n) is 5.23. The number of fused-ring (bicyclic) bond motifs is 4. The van der Waals surface area contributed by atoms with Crippen LogP contribution >= 0.6 is 0 Å². The minimum absolute atomic E-state index is 0.0416. The number of furan rings is 1. The molecule has 2 aliphatic rings. The van der Waals surface area contributed by atoms with Gasteiger partial charge in [0.1, 0.15) is 5.76 Å². The summed E-state index contributed by atoms with van der Waals surface area (Å²) in [7, 11) is 2.13. The van der Waals surface area contributed by atoms with Crippen LogP contribution in [0.1, 0.15) is 55.5 Å². The molecule has 2 aromatic heterocycles. The molecule has 0 bridgehead atoms. The predicted octanol–water partition coefficient (Wildman–Crippen LogP) is 5.43. The van der Waals surface area contributed by atoms with Crippen molar-refractivity contribution in [3.63, 3.8) is 0 Å². The van der Waals surface area contributed by atoms with E-state index in [1.54, 1.807) is 0 Å². The molecule has 5 rings (SSSR count). The first kappa shape index (κ1) is 14.2. The van der Waals surface area contributed by atoms with Gasteiger partial charge in [-0.15, -0.1) is 0 Å². The first-order chi connectivity index (χ1) is 11.6. The van der Waals surface area contributed by atoms with Crippen LogP contribution in [0.4, 0.5) is 5.69 Å². The lowest BCUT2D eigenvalue weighted by atomic mass is 9.93. The van der Waals surface area contributed by atoms with Crippen molar-refractivity contribution < 1.29 is 4.42 Å². The lowest BCUT2D eigenvalue weighted by Crippen LogP contribution is -2.40. The smallest absolute Gasteiger partial charge is 0.152 e. The Kier molecular flexibility index (Phi) is 2.77. The number of aryl methyl sites for hydroxylation is 2. The van der Waals surface area contributed by atoms with E-state index in [-0.39, 0.29) is 5.54 Å². The second-order valence-electron chi connectivity index (χ2n) is 7.56. The highest BCUT2D eigenvalue weighted by molar-refractivity contribution is 5.83. The summed E-state index contributed by atoms with van der Waals surface area (Å²) < 4.78 is 8.69. The van der Waals surface area contributed by atoms with Gasteiger partial charge in [0.25, 0.3) is 0 Å². The van der Waals surface area contributed by atoms with Crippen LogP contribution in [0.25, 0.3) is 11.1 Å². The van der Waals surface area contributed by atoms with E-state index in [9.17, 15) is 0 Å². The van der Waals surface area contributed by atoms with E-state index in [4.69, 9.17) is 4.42 Å². The summed E-state index contributed by atoms with van der Waals surface area (Å²) >= 11 is 0. The molecule has 1 atom stereocenters. The van der Waals surface area contributed by atoms with Crippen LogP contribution in [0.15, 0.2) is 40.9 Å². The van der Waals surface area contributed by atoms with Crippen molar-refractivity contribution in [2.24, 2.45) is 7.05 Å². The van der Waals surface area contributed by atoms with Crippen LogP contribution in [0, 0.1) is 6.92 Å². The number of hydrogen-bond donors (Lipinski definition) is 0. The summed E-state index contributed by atoms with van der Waals surface area (Å²) in [6.07, 6.45) is 7.06. The van der Waals surface area contributed by atoms with Gasteiger partial charge in [-0.05, 0) is 44.4 Å². The average molecular weight is 320 g/mol. The van der Waals surface area contributed by atoms with Crippen LogP contribution < -0.4 is 4.90 Å². The van der Waals surface area contributed by atoms with E-state index >= 15 is 0 Å². The van der Waals surface area contributed by atoms with Crippen molar-refractivity contribution in [3.8, 4) is 0 Å².